The highest BCUT2D eigenvalue weighted by molar-refractivity contribution is 9.11. The Morgan fingerprint density at radius 2 is 1.71 bits per heavy atom. The molecule has 0 unspecified atom stereocenters. The molecular formula is C20H30BrN3O3S. The van der Waals surface area contributed by atoms with Crippen molar-refractivity contribution in [3.05, 3.63) is 20.8 Å². The fourth-order valence-corrected chi connectivity index (χ4v) is 5.20. The normalized spacial score (nSPS) is 19.7. The molecule has 3 heterocycles. The Balaban J connectivity index is 1.41. The van der Waals surface area contributed by atoms with Crippen LogP contribution in [0.4, 0.5) is 4.79 Å². The minimum atomic E-state index is -0.484. The van der Waals surface area contributed by atoms with Gasteiger partial charge in [0.05, 0.1) is 3.79 Å². The third kappa shape index (κ3) is 5.94. The topological polar surface area (TPSA) is 53.1 Å². The van der Waals surface area contributed by atoms with Crippen LogP contribution < -0.4 is 0 Å². The quantitative estimate of drug-likeness (QED) is 0.672. The van der Waals surface area contributed by atoms with Crippen LogP contribution >= 0.6 is 27.3 Å². The summed E-state index contributed by atoms with van der Waals surface area (Å²) in [6, 6.07) is 4.24. The molecule has 0 radical (unpaired) electrons. The van der Waals surface area contributed by atoms with Gasteiger partial charge < -0.3 is 14.5 Å². The fourth-order valence-electron chi connectivity index (χ4n) is 3.68. The summed E-state index contributed by atoms with van der Waals surface area (Å²) in [5.41, 5.74) is -0.484. The number of rotatable bonds is 3. The SMILES string of the molecule is CC(C)(C)OC(=O)N1CCC(C(=O)N2CCN(Cc3ccc(Br)s3)CC2)CC1. The van der Waals surface area contributed by atoms with Crippen molar-refractivity contribution >= 4 is 39.3 Å². The standard InChI is InChI=1S/C20H30BrN3O3S/c1-20(2,3)27-19(26)24-8-6-15(7-9-24)18(25)23-12-10-22(11-13-23)14-16-4-5-17(21)28-16/h4-5,15H,6-14H2,1-3H3. The van der Waals surface area contributed by atoms with E-state index in [9.17, 15) is 9.59 Å². The summed E-state index contributed by atoms with van der Waals surface area (Å²) in [5.74, 6) is 0.279. The molecule has 2 saturated heterocycles. The minimum Gasteiger partial charge on any atom is -0.444 e. The molecule has 0 saturated carbocycles. The number of hydrogen-bond donors (Lipinski definition) is 0. The second-order valence-corrected chi connectivity index (χ2v) is 11.1. The zero-order chi connectivity index (χ0) is 20.3. The highest BCUT2D eigenvalue weighted by atomic mass is 79.9. The largest absolute Gasteiger partial charge is 0.444 e. The summed E-state index contributed by atoms with van der Waals surface area (Å²) in [5, 5.41) is 0. The summed E-state index contributed by atoms with van der Waals surface area (Å²) in [7, 11) is 0. The molecule has 0 spiro atoms. The van der Waals surface area contributed by atoms with Crippen molar-refractivity contribution in [2.75, 3.05) is 39.3 Å². The lowest BCUT2D eigenvalue weighted by molar-refractivity contribution is -0.139. The van der Waals surface area contributed by atoms with E-state index in [4.69, 9.17) is 4.74 Å². The van der Waals surface area contributed by atoms with Crippen LogP contribution in [0.2, 0.25) is 0 Å². The first-order valence-electron chi connectivity index (χ1n) is 9.94. The molecule has 0 N–H and O–H groups in total. The molecule has 1 aromatic heterocycles. The lowest BCUT2D eigenvalue weighted by Gasteiger charge is -2.38. The number of hydrogen-bond acceptors (Lipinski definition) is 5. The number of likely N-dealkylation sites (tertiary alicyclic amines) is 1. The molecule has 2 amide bonds. The van der Waals surface area contributed by atoms with E-state index in [1.165, 1.54) is 4.88 Å². The third-order valence-corrected chi connectivity index (χ3v) is 6.80. The zero-order valence-corrected chi connectivity index (χ0v) is 19.4. The number of piperidine rings is 1. The molecule has 3 rings (SSSR count). The molecule has 2 fully saturated rings. The van der Waals surface area contributed by atoms with E-state index in [0.717, 1.165) is 49.4 Å². The van der Waals surface area contributed by atoms with Gasteiger partial charge in [-0.15, -0.1) is 11.3 Å². The third-order valence-electron chi connectivity index (χ3n) is 5.19. The van der Waals surface area contributed by atoms with Gasteiger partial charge in [0.1, 0.15) is 5.60 Å². The van der Waals surface area contributed by atoms with Gasteiger partial charge in [0.15, 0.2) is 0 Å². The summed E-state index contributed by atoms with van der Waals surface area (Å²) in [6.07, 6.45) is 1.18. The van der Waals surface area contributed by atoms with E-state index < -0.39 is 5.60 Å². The molecule has 28 heavy (non-hydrogen) atoms. The summed E-state index contributed by atoms with van der Waals surface area (Å²) in [6.45, 7) is 11.2. The number of ether oxygens (including phenoxy) is 1. The Kier molecular flexibility index (Phi) is 7.04. The molecule has 1 aromatic rings. The van der Waals surface area contributed by atoms with Crippen molar-refractivity contribution in [1.82, 2.24) is 14.7 Å². The Hall–Kier alpha value is -1.12. The average molecular weight is 472 g/mol. The van der Waals surface area contributed by atoms with Crippen molar-refractivity contribution in [3.8, 4) is 0 Å². The molecule has 0 aliphatic carbocycles. The van der Waals surface area contributed by atoms with Crippen LogP contribution in [0.1, 0.15) is 38.5 Å². The van der Waals surface area contributed by atoms with Gasteiger partial charge in [0.25, 0.3) is 0 Å². The maximum Gasteiger partial charge on any atom is 0.410 e. The van der Waals surface area contributed by atoms with Crippen LogP contribution in [0, 0.1) is 5.92 Å². The number of carbonyl (C=O) groups excluding carboxylic acids is 2. The number of nitrogens with zero attached hydrogens (tertiary/aromatic N) is 3. The van der Waals surface area contributed by atoms with Gasteiger partial charge in [-0.2, -0.15) is 0 Å². The summed E-state index contributed by atoms with van der Waals surface area (Å²) >= 11 is 5.28. The van der Waals surface area contributed by atoms with Crippen LogP contribution in [0.3, 0.4) is 0 Å². The maximum atomic E-state index is 12.9. The first-order valence-corrected chi connectivity index (χ1v) is 11.6. The fraction of sp³-hybridized carbons (Fsp3) is 0.700. The monoisotopic (exact) mass is 471 g/mol. The lowest BCUT2D eigenvalue weighted by atomic mass is 9.95. The Morgan fingerprint density at radius 1 is 1.07 bits per heavy atom. The van der Waals surface area contributed by atoms with Gasteiger partial charge in [0.2, 0.25) is 5.91 Å². The Labute approximate surface area is 179 Å². The van der Waals surface area contributed by atoms with Gasteiger partial charge in [-0.25, -0.2) is 4.79 Å². The molecule has 0 atom stereocenters. The predicted molar refractivity (Wildman–Crippen MR) is 114 cm³/mol. The molecule has 0 bridgehead atoms. The minimum absolute atomic E-state index is 0.0264. The molecule has 6 nitrogen and oxygen atoms in total. The number of amides is 2. The highest BCUT2D eigenvalue weighted by Crippen LogP contribution is 2.25. The second kappa shape index (κ2) is 9.13. The van der Waals surface area contributed by atoms with Gasteiger partial charge in [-0.1, -0.05) is 0 Å². The number of halogens is 1. The molecule has 2 aliphatic rings. The van der Waals surface area contributed by atoms with Crippen molar-refractivity contribution < 1.29 is 14.3 Å². The molecule has 156 valence electrons. The molecule has 8 heteroatoms. The predicted octanol–water partition coefficient (Wildman–Crippen LogP) is 3.80. The van der Waals surface area contributed by atoms with Crippen molar-refractivity contribution in [2.45, 2.75) is 45.8 Å². The van der Waals surface area contributed by atoms with E-state index in [1.807, 2.05) is 25.7 Å². The van der Waals surface area contributed by atoms with Crippen LogP contribution in [-0.4, -0.2) is 71.6 Å². The average Bonchev–Trinajstić information content (AvgIpc) is 3.05. The van der Waals surface area contributed by atoms with Crippen LogP contribution in [0.25, 0.3) is 0 Å². The van der Waals surface area contributed by atoms with Gasteiger partial charge >= 0.3 is 6.09 Å². The summed E-state index contributed by atoms with van der Waals surface area (Å²) < 4.78 is 6.60. The molecule has 0 aromatic carbocycles. The van der Waals surface area contributed by atoms with E-state index in [2.05, 4.69) is 33.0 Å². The van der Waals surface area contributed by atoms with Crippen molar-refractivity contribution in [3.63, 3.8) is 0 Å². The molecule has 2 aliphatic heterocycles. The smallest absolute Gasteiger partial charge is 0.410 e. The Morgan fingerprint density at radius 3 is 2.25 bits per heavy atom. The number of thiophene rings is 1. The van der Waals surface area contributed by atoms with E-state index in [-0.39, 0.29) is 17.9 Å². The number of carbonyl (C=O) groups is 2. The Bertz CT molecular complexity index is 687. The molecular weight excluding hydrogens is 442 g/mol. The van der Waals surface area contributed by atoms with Gasteiger partial charge in [0, 0.05) is 56.6 Å². The van der Waals surface area contributed by atoms with E-state index in [0.29, 0.717) is 13.1 Å². The van der Waals surface area contributed by atoms with E-state index >= 15 is 0 Å². The lowest BCUT2D eigenvalue weighted by Crippen LogP contribution is -2.51. The first-order chi connectivity index (χ1) is 13.2. The van der Waals surface area contributed by atoms with Gasteiger partial charge in [-0.3, -0.25) is 9.69 Å². The van der Waals surface area contributed by atoms with Crippen LogP contribution in [0.5, 0.6) is 0 Å². The number of piperazine rings is 1. The highest BCUT2D eigenvalue weighted by Gasteiger charge is 2.33. The van der Waals surface area contributed by atoms with Crippen LogP contribution in [-0.2, 0) is 16.1 Å². The summed E-state index contributed by atoms with van der Waals surface area (Å²) in [4.78, 5) is 32.6. The zero-order valence-electron chi connectivity index (χ0n) is 16.9. The maximum absolute atomic E-state index is 12.9. The van der Waals surface area contributed by atoms with E-state index in [1.54, 1.807) is 16.2 Å². The first kappa shape index (κ1) is 21.6. The second-order valence-electron chi connectivity index (χ2n) is 8.55. The van der Waals surface area contributed by atoms with Crippen molar-refractivity contribution in [2.24, 2.45) is 5.92 Å². The van der Waals surface area contributed by atoms with Gasteiger partial charge in [-0.05, 0) is 61.7 Å². The van der Waals surface area contributed by atoms with Crippen LogP contribution in [0.15, 0.2) is 15.9 Å². The van der Waals surface area contributed by atoms with Crippen molar-refractivity contribution in [1.29, 1.82) is 0 Å².